The van der Waals surface area contributed by atoms with E-state index in [1.165, 1.54) is 6.07 Å². The third kappa shape index (κ3) is 3.96. The molecule has 0 aliphatic carbocycles. The molecule has 1 aliphatic heterocycles. The van der Waals surface area contributed by atoms with Gasteiger partial charge in [-0.25, -0.2) is 9.78 Å². The molecule has 1 saturated heterocycles. The zero-order chi connectivity index (χ0) is 17.8. The van der Waals surface area contributed by atoms with Crippen molar-refractivity contribution < 1.29 is 19.1 Å². The van der Waals surface area contributed by atoms with Crippen LogP contribution in [0.3, 0.4) is 0 Å². The van der Waals surface area contributed by atoms with E-state index in [9.17, 15) is 9.59 Å². The maximum Gasteiger partial charge on any atom is 0.339 e. The molecule has 2 aromatic rings. The predicted molar refractivity (Wildman–Crippen MR) is 89.2 cm³/mol. The second kappa shape index (κ2) is 7.33. The van der Waals surface area contributed by atoms with Crippen LogP contribution in [0.2, 0.25) is 0 Å². The first-order chi connectivity index (χ1) is 12.0. The van der Waals surface area contributed by atoms with Gasteiger partial charge in [-0.1, -0.05) is 0 Å². The van der Waals surface area contributed by atoms with Gasteiger partial charge >= 0.3 is 5.97 Å². The highest BCUT2D eigenvalue weighted by Gasteiger charge is 2.25. The largest absolute Gasteiger partial charge is 0.478 e. The SMILES string of the molecule is Cc1oc(CNC(=O)C2CCN(c3cnccn3)CC2)cc1C(=O)O. The molecule has 0 spiro atoms. The molecular formula is C17H20N4O4. The Labute approximate surface area is 144 Å². The number of carboxylic acid groups (broad SMARTS) is 1. The number of aryl methyl sites for hydroxylation is 1. The van der Waals surface area contributed by atoms with Crippen LogP contribution in [-0.4, -0.2) is 40.0 Å². The maximum absolute atomic E-state index is 12.3. The molecule has 0 radical (unpaired) electrons. The number of rotatable bonds is 5. The summed E-state index contributed by atoms with van der Waals surface area (Å²) in [4.78, 5) is 33.8. The number of amides is 1. The van der Waals surface area contributed by atoms with E-state index in [1.807, 2.05) is 0 Å². The van der Waals surface area contributed by atoms with Crippen LogP contribution < -0.4 is 10.2 Å². The number of furan rings is 1. The lowest BCUT2D eigenvalue weighted by Crippen LogP contribution is -2.40. The summed E-state index contributed by atoms with van der Waals surface area (Å²) in [7, 11) is 0. The van der Waals surface area contributed by atoms with E-state index in [2.05, 4.69) is 20.2 Å². The number of hydrogen-bond acceptors (Lipinski definition) is 6. The number of carboxylic acids is 1. The molecule has 1 fully saturated rings. The van der Waals surface area contributed by atoms with Crippen LogP contribution in [0.15, 0.2) is 29.1 Å². The molecule has 8 heteroatoms. The first-order valence-electron chi connectivity index (χ1n) is 8.16. The zero-order valence-corrected chi connectivity index (χ0v) is 13.9. The van der Waals surface area contributed by atoms with Crippen LogP contribution in [-0.2, 0) is 11.3 Å². The number of nitrogens with zero attached hydrogens (tertiary/aromatic N) is 3. The van der Waals surface area contributed by atoms with Crippen molar-refractivity contribution >= 4 is 17.7 Å². The molecule has 1 aliphatic rings. The summed E-state index contributed by atoms with van der Waals surface area (Å²) in [5, 5.41) is 11.8. The number of nitrogens with one attached hydrogen (secondary N) is 1. The van der Waals surface area contributed by atoms with Gasteiger partial charge in [0.15, 0.2) is 0 Å². The van der Waals surface area contributed by atoms with Gasteiger partial charge in [0.2, 0.25) is 5.91 Å². The standard InChI is InChI=1S/C17H20N4O4/c1-11-14(17(23)24)8-13(25-11)9-20-16(22)12-2-6-21(7-3-12)15-10-18-4-5-19-15/h4-5,8,10,12H,2-3,6-7,9H2,1H3,(H,20,22)(H,23,24). The summed E-state index contributed by atoms with van der Waals surface area (Å²) in [6.07, 6.45) is 6.49. The summed E-state index contributed by atoms with van der Waals surface area (Å²) < 4.78 is 5.37. The van der Waals surface area contributed by atoms with Crippen molar-refractivity contribution in [1.82, 2.24) is 15.3 Å². The summed E-state index contributed by atoms with van der Waals surface area (Å²) in [6, 6.07) is 1.45. The lowest BCUT2D eigenvalue weighted by molar-refractivity contribution is -0.125. The van der Waals surface area contributed by atoms with Crippen molar-refractivity contribution in [3.05, 3.63) is 41.7 Å². The van der Waals surface area contributed by atoms with Gasteiger partial charge in [0.1, 0.15) is 22.9 Å². The van der Waals surface area contributed by atoms with Gasteiger partial charge in [-0.2, -0.15) is 0 Å². The molecule has 0 saturated carbocycles. The number of aromatic carboxylic acids is 1. The smallest absolute Gasteiger partial charge is 0.339 e. The topological polar surface area (TPSA) is 109 Å². The van der Waals surface area contributed by atoms with E-state index in [0.29, 0.717) is 11.5 Å². The van der Waals surface area contributed by atoms with Gasteiger partial charge in [-0.05, 0) is 25.8 Å². The predicted octanol–water partition coefficient (Wildman–Crippen LogP) is 1.61. The molecule has 3 rings (SSSR count). The van der Waals surface area contributed by atoms with E-state index in [0.717, 1.165) is 31.7 Å². The first kappa shape index (κ1) is 16.9. The Balaban J connectivity index is 1.50. The summed E-state index contributed by atoms with van der Waals surface area (Å²) in [5.74, 6) is 0.478. The van der Waals surface area contributed by atoms with E-state index >= 15 is 0 Å². The number of piperidine rings is 1. The van der Waals surface area contributed by atoms with Crippen LogP contribution in [0, 0.1) is 12.8 Å². The van der Waals surface area contributed by atoms with Crippen LogP contribution in [0.25, 0.3) is 0 Å². The lowest BCUT2D eigenvalue weighted by Gasteiger charge is -2.31. The summed E-state index contributed by atoms with van der Waals surface area (Å²) in [6.45, 7) is 3.29. The number of hydrogen-bond donors (Lipinski definition) is 2. The Hall–Kier alpha value is -2.90. The highest BCUT2D eigenvalue weighted by Crippen LogP contribution is 2.21. The summed E-state index contributed by atoms with van der Waals surface area (Å²) >= 11 is 0. The third-order valence-corrected chi connectivity index (χ3v) is 4.38. The Morgan fingerprint density at radius 1 is 1.36 bits per heavy atom. The molecule has 0 bridgehead atoms. The minimum Gasteiger partial charge on any atom is -0.478 e. The van der Waals surface area contributed by atoms with Crippen molar-refractivity contribution in [1.29, 1.82) is 0 Å². The molecule has 1 amide bonds. The average molecular weight is 344 g/mol. The van der Waals surface area contributed by atoms with Crippen LogP contribution in [0.4, 0.5) is 5.82 Å². The van der Waals surface area contributed by atoms with Crippen molar-refractivity contribution in [3.63, 3.8) is 0 Å². The Morgan fingerprint density at radius 3 is 2.72 bits per heavy atom. The maximum atomic E-state index is 12.3. The van der Waals surface area contributed by atoms with E-state index in [1.54, 1.807) is 25.5 Å². The van der Waals surface area contributed by atoms with Gasteiger partial charge in [0.25, 0.3) is 0 Å². The number of carbonyl (C=O) groups is 2. The second-order valence-electron chi connectivity index (χ2n) is 6.03. The Morgan fingerprint density at radius 2 is 2.12 bits per heavy atom. The normalized spacial score (nSPS) is 15.2. The molecular weight excluding hydrogens is 324 g/mol. The van der Waals surface area contributed by atoms with E-state index in [-0.39, 0.29) is 23.9 Å². The molecule has 2 N–H and O–H groups in total. The number of carbonyl (C=O) groups excluding carboxylic acids is 1. The molecule has 3 heterocycles. The Bertz CT molecular complexity index is 751. The van der Waals surface area contributed by atoms with Gasteiger partial charge in [-0.15, -0.1) is 0 Å². The van der Waals surface area contributed by atoms with Crippen molar-refractivity contribution in [2.75, 3.05) is 18.0 Å². The second-order valence-corrected chi connectivity index (χ2v) is 6.03. The molecule has 25 heavy (non-hydrogen) atoms. The van der Waals surface area contributed by atoms with E-state index < -0.39 is 5.97 Å². The fraction of sp³-hybridized carbons (Fsp3) is 0.412. The molecule has 0 aromatic carbocycles. The highest BCUT2D eigenvalue weighted by molar-refractivity contribution is 5.88. The van der Waals surface area contributed by atoms with Gasteiger partial charge in [0, 0.05) is 31.4 Å². The van der Waals surface area contributed by atoms with Crippen molar-refractivity contribution in [2.24, 2.45) is 5.92 Å². The van der Waals surface area contributed by atoms with Gasteiger partial charge < -0.3 is 19.7 Å². The molecule has 132 valence electrons. The third-order valence-electron chi connectivity index (χ3n) is 4.38. The molecule has 2 aromatic heterocycles. The zero-order valence-electron chi connectivity index (χ0n) is 13.9. The fourth-order valence-corrected chi connectivity index (χ4v) is 2.99. The number of anilines is 1. The van der Waals surface area contributed by atoms with Crippen molar-refractivity contribution in [2.45, 2.75) is 26.3 Å². The number of aromatic nitrogens is 2. The first-order valence-corrected chi connectivity index (χ1v) is 8.16. The fourth-order valence-electron chi connectivity index (χ4n) is 2.99. The Kier molecular flexibility index (Phi) is 4.97. The van der Waals surface area contributed by atoms with Crippen LogP contribution in [0.5, 0.6) is 0 Å². The van der Waals surface area contributed by atoms with Gasteiger partial charge in [-0.3, -0.25) is 9.78 Å². The van der Waals surface area contributed by atoms with Crippen LogP contribution >= 0.6 is 0 Å². The minimum atomic E-state index is -1.03. The monoisotopic (exact) mass is 344 g/mol. The van der Waals surface area contributed by atoms with E-state index in [4.69, 9.17) is 9.52 Å². The van der Waals surface area contributed by atoms with Crippen molar-refractivity contribution in [3.8, 4) is 0 Å². The van der Waals surface area contributed by atoms with Gasteiger partial charge in [0.05, 0.1) is 12.7 Å². The quantitative estimate of drug-likeness (QED) is 0.848. The molecule has 8 nitrogen and oxygen atoms in total. The average Bonchev–Trinajstić information content (AvgIpc) is 3.01. The lowest BCUT2D eigenvalue weighted by atomic mass is 9.96. The molecule has 0 atom stereocenters. The summed E-state index contributed by atoms with van der Waals surface area (Å²) in [5.41, 5.74) is 0.126. The minimum absolute atomic E-state index is 0.0373. The molecule has 0 unspecified atom stereocenters. The van der Waals surface area contributed by atoms with Crippen LogP contribution in [0.1, 0.15) is 34.7 Å². The highest BCUT2D eigenvalue weighted by atomic mass is 16.4.